The molecule has 1 N–H and O–H groups in total. The quantitative estimate of drug-likeness (QED) is 0.727. The second kappa shape index (κ2) is 7.35. The van der Waals surface area contributed by atoms with Crippen LogP contribution >= 0.6 is 11.3 Å². The molecule has 0 atom stereocenters. The van der Waals surface area contributed by atoms with Crippen molar-refractivity contribution in [2.24, 2.45) is 0 Å². The first-order chi connectivity index (χ1) is 12.3. The van der Waals surface area contributed by atoms with Gasteiger partial charge in [0, 0.05) is 18.6 Å². The SMILES string of the molecule is Cc1nc(NC(=O)Cc2cccnc2)sc1-c1ccc(S(C)(=O)=O)cc1. The van der Waals surface area contributed by atoms with Gasteiger partial charge in [-0.25, -0.2) is 13.4 Å². The molecule has 0 saturated heterocycles. The van der Waals surface area contributed by atoms with Crippen molar-refractivity contribution in [1.82, 2.24) is 9.97 Å². The molecule has 26 heavy (non-hydrogen) atoms. The summed E-state index contributed by atoms with van der Waals surface area (Å²) in [7, 11) is -3.23. The lowest BCUT2D eigenvalue weighted by atomic mass is 10.2. The number of nitrogens with zero attached hydrogens (tertiary/aromatic N) is 2. The molecule has 6 nitrogen and oxygen atoms in total. The first kappa shape index (κ1) is 18.2. The largest absolute Gasteiger partial charge is 0.302 e. The Bertz CT molecular complexity index is 1030. The molecule has 1 aromatic carbocycles. The lowest BCUT2D eigenvalue weighted by molar-refractivity contribution is -0.115. The Morgan fingerprint density at radius 2 is 1.92 bits per heavy atom. The molecule has 8 heteroatoms. The molecule has 0 bridgehead atoms. The Balaban J connectivity index is 1.76. The maximum atomic E-state index is 12.2. The van der Waals surface area contributed by atoms with Gasteiger partial charge in [0.15, 0.2) is 15.0 Å². The zero-order chi connectivity index (χ0) is 18.7. The Labute approximate surface area is 155 Å². The van der Waals surface area contributed by atoms with Gasteiger partial charge in [-0.2, -0.15) is 0 Å². The summed E-state index contributed by atoms with van der Waals surface area (Å²) in [6.07, 6.45) is 4.72. The maximum Gasteiger partial charge on any atom is 0.230 e. The van der Waals surface area contributed by atoms with Crippen LogP contribution in [0.15, 0.2) is 53.7 Å². The number of carbonyl (C=O) groups is 1. The number of sulfone groups is 1. The van der Waals surface area contributed by atoms with Crippen molar-refractivity contribution in [3.8, 4) is 10.4 Å². The van der Waals surface area contributed by atoms with Gasteiger partial charge in [-0.1, -0.05) is 29.5 Å². The maximum absolute atomic E-state index is 12.2. The molecule has 2 heterocycles. The fraction of sp³-hybridized carbons (Fsp3) is 0.167. The standard InChI is InChI=1S/C18H17N3O3S2/c1-12-17(14-5-7-15(8-6-14)26(2,23)24)25-18(20-12)21-16(22)10-13-4-3-9-19-11-13/h3-9,11H,10H2,1-2H3,(H,20,21,22). The Morgan fingerprint density at radius 3 is 2.54 bits per heavy atom. The van der Waals surface area contributed by atoms with Crippen molar-refractivity contribution in [2.45, 2.75) is 18.2 Å². The van der Waals surface area contributed by atoms with E-state index in [1.807, 2.05) is 13.0 Å². The van der Waals surface area contributed by atoms with Crippen LogP contribution in [0.1, 0.15) is 11.3 Å². The lowest BCUT2D eigenvalue weighted by Gasteiger charge is -2.02. The van der Waals surface area contributed by atoms with Crippen LogP contribution in [0, 0.1) is 6.92 Å². The van der Waals surface area contributed by atoms with E-state index in [-0.39, 0.29) is 17.2 Å². The minimum Gasteiger partial charge on any atom is -0.302 e. The zero-order valence-electron chi connectivity index (χ0n) is 14.3. The predicted octanol–water partition coefficient (Wildman–Crippen LogP) is 3.10. The van der Waals surface area contributed by atoms with Crippen LogP contribution in [0.5, 0.6) is 0 Å². The van der Waals surface area contributed by atoms with E-state index in [2.05, 4.69) is 15.3 Å². The molecule has 2 aromatic heterocycles. The van der Waals surface area contributed by atoms with Gasteiger partial charge in [0.1, 0.15) is 0 Å². The summed E-state index contributed by atoms with van der Waals surface area (Å²) in [4.78, 5) is 21.7. The van der Waals surface area contributed by atoms with E-state index in [0.29, 0.717) is 5.13 Å². The Kier molecular flexibility index (Phi) is 5.15. The number of aryl methyl sites for hydroxylation is 1. The summed E-state index contributed by atoms with van der Waals surface area (Å²) >= 11 is 1.36. The molecule has 3 aromatic rings. The van der Waals surface area contributed by atoms with E-state index >= 15 is 0 Å². The van der Waals surface area contributed by atoms with Crippen LogP contribution in [-0.2, 0) is 21.1 Å². The van der Waals surface area contributed by atoms with E-state index in [0.717, 1.165) is 21.7 Å². The van der Waals surface area contributed by atoms with Crippen LogP contribution in [0.4, 0.5) is 5.13 Å². The van der Waals surface area contributed by atoms with Crippen molar-refractivity contribution in [3.63, 3.8) is 0 Å². The number of carbonyl (C=O) groups excluding carboxylic acids is 1. The minimum absolute atomic E-state index is 0.161. The smallest absolute Gasteiger partial charge is 0.230 e. The highest BCUT2D eigenvalue weighted by Crippen LogP contribution is 2.33. The minimum atomic E-state index is -3.23. The molecule has 0 aliphatic carbocycles. The average Bonchev–Trinajstić information content (AvgIpc) is 2.95. The molecular weight excluding hydrogens is 370 g/mol. The Morgan fingerprint density at radius 1 is 1.19 bits per heavy atom. The molecular formula is C18H17N3O3S2. The number of pyridine rings is 1. The number of aromatic nitrogens is 2. The lowest BCUT2D eigenvalue weighted by Crippen LogP contribution is -2.14. The number of hydrogen-bond donors (Lipinski definition) is 1. The number of nitrogens with one attached hydrogen (secondary N) is 1. The number of thiazole rings is 1. The molecule has 0 saturated carbocycles. The molecule has 0 spiro atoms. The molecule has 134 valence electrons. The van der Waals surface area contributed by atoms with Gasteiger partial charge >= 0.3 is 0 Å². The number of amides is 1. The van der Waals surface area contributed by atoms with Gasteiger partial charge in [-0.05, 0) is 36.2 Å². The van der Waals surface area contributed by atoms with Crippen LogP contribution in [0.3, 0.4) is 0 Å². The van der Waals surface area contributed by atoms with Crippen LogP contribution in [0.2, 0.25) is 0 Å². The topological polar surface area (TPSA) is 89.0 Å². The van der Waals surface area contributed by atoms with Crippen LogP contribution in [0.25, 0.3) is 10.4 Å². The van der Waals surface area contributed by atoms with Gasteiger partial charge in [0.2, 0.25) is 5.91 Å². The summed E-state index contributed by atoms with van der Waals surface area (Å²) in [5.41, 5.74) is 2.47. The third-order valence-corrected chi connectivity index (χ3v) is 5.93. The van der Waals surface area contributed by atoms with Crippen molar-refractivity contribution in [1.29, 1.82) is 0 Å². The van der Waals surface area contributed by atoms with E-state index in [1.54, 1.807) is 42.7 Å². The second-order valence-corrected chi connectivity index (χ2v) is 8.83. The van der Waals surface area contributed by atoms with Gasteiger partial charge in [0.25, 0.3) is 0 Å². The highest BCUT2D eigenvalue weighted by atomic mass is 32.2. The molecule has 0 fully saturated rings. The average molecular weight is 387 g/mol. The highest BCUT2D eigenvalue weighted by Gasteiger charge is 2.14. The van der Waals surface area contributed by atoms with Gasteiger partial charge in [-0.3, -0.25) is 9.78 Å². The molecule has 0 aliphatic rings. The van der Waals surface area contributed by atoms with E-state index in [1.165, 1.54) is 17.6 Å². The van der Waals surface area contributed by atoms with Crippen molar-refractivity contribution >= 4 is 32.2 Å². The van der Waals surface area contributed by atoms with Gasteiger partial charge in [-0.15, -0.1) is 0 Å². The van der Waals surface area contributed by atoms with Gasteiger partial charge < -0.3 is 5.32 Å². The number of hydrogen-bond acceptors (Lipinski definition) is 6. The third-order valence-electron chi connectivity index (χ3n) is 3.68. The molecule has 0 aliphatic heterocycles. The normalized spacial score (nSPS) is 11.3. The molecule has 3 rings (SSSR count). The van der Waals surface area contributed by atoms with Crippen molar-refractivity contribution in [3.05, 3.63) is 60.0 Å². The first-order valence-corrected chi connectivity index (χ1v) is 10.5. The summed E-state index contributed by atoms with van der Waals surface area (Å²) in [5, 5.41) is 3.31. The predicted molar refractivity (Wildman–Crippen MR) is 102 cm³/mol. The number of rotatable bonds is 5. The summed E-state index contributed by atoms with van der Waals surface area (Å²) < 4.78 is 23.1. The van der Waals surface area contributed by atoms with Crippen LogP contribution in [-0.4, -0.2) is 30.5 Å². The zero-order valence-corrected chi connectivity index (χ0v) is 15.9. The van der Waals surface area contributed by atoms with Crippen molar-refractivity contribution < 1.29 is 13.2 Å². The summed E-state index contributed by atoms with van der Waals surface area (Å²) in [5.74, 6) is -0.161. The van der Waals surface area contributed by atoms with Crippen LogP contribution < -0.4 is 5.32 Å². The number of benzene rings is 1. The summed E-state index contributed by atoms with van der Waals surface area (Å²) in [6, 6.07) is 10.3. The number of anilines is 1. The fourth-order valence-electron chi connectivity index (χ4n) is 2.42. The summed E-state index contributed by atoms with van der Waals surface area (Å²) in [6.45, 7) is 1.85. The first-order valence-electron chi connectivity index (χ1n) is 7.79. The molecule has 1 amide bonds. The van der Waals surface area contributed by atoms with E-state index in [4.69, 9.17) is 0 Å². The third kappa shape index (κ3) is 4.33. The van der Waals surface area contributed by atoms with Gasteiger partial charge in [0.05, 0.1) is 21.9 Å². The van der Waals surface area contributed by atoms with Crippen molar-refractivity contribution in [2.75, 3.05) is 11.6 Å². The highest BCUT2D eigenvalue weighted by molar-refractivity contribution is 7.90. The van der Waals surface area contributed by atoms with E-state index in [9.17, 15) is 13.2 Å². The molecule has 0 radical (unpaired) electrons. The van der Waals surface area contributed by atoms with E-state index < -0.39 is 9.84 Å². The monoisotopic (exact) mass is 387 g/mol. The molecule has 0 unspecified atom stereocenters. The fourth-order valence-corrected chi connectivity index (χ4v) is 4.04. The Hall–Kier alpha value is -2.58. The second-order valence-electron chi connectivity index (χ2n) is 5.82.